The van der Waals surface area contributed by atoms with Gasteiger partial charge in [0.2, 0.25) is 5.84 Å². The van der Waals surface area contributed by atoms with Gasteiger partial charge < -0.3 is 14.8 Å². The zero-order valence-electron chi connectivity index (χ0n) is 22.1. The second-order valence-electron chi connectivity index (χ2n) is 8.43. The number of hydrazone groups is 1. The Morgan fingerprint density at radius 3 is 1.78 bits per heavy atom. The summed E-state index contributed by atoms with van der Waals surface area (Å²) in [5.74, 6) is -2.36. The van der Waals surface area contributed by atoms with E-state index in [1.807, 2.05) is 0 Å². The van der Waals surface area contributed by atoms with Crippen molar-refractivity contribution in [1.29, 1.82) is 0 Å². The number of rotatable bonds is 10. The fraction of sp³-hybridized carbons (Fsp3) is 0.0909. The Morgan fingerprint density at radius 2 is 1.33 bits per heavy atom. The summed E-state index contributed by atoms with van der Waals surface area (Å²) < 4.78 is 78.2. The molecule has 0 bridgehead atoms. The Kier molecular flexibility index (Phi) is 10.2. The Morgan fingerprint density at radius 1 is 0.867 bits per heavy atom. The van der Waals surface area contributed by atoms with Crippen LogP contribution in [0.5, 0.6) is 11.5 Å². The standard InChI is InChI=1S/C22H19N7O13S2.Na.H/c1-41-17-8-15(28(31)32)19(43(35,36)37)10-13(17)26-24-21(22(30)23-12-6-4-3-5-7-12)25-27(26)14-11-20(44(38,39)40)16(29(33)34)9-18(14)42-2;;/h3-11H,1-2H3,(H,23,30)(H,24,25)(H,35,36,37)(H,38,39,40);;. The monoisotopic (exact) mass is 677 g/mol. The van der Waals surface area contributed by atoms with E-state index in [1.54, 1.807) is 18.2 Å². The molecule has 234 valence electrons. The number of hydrazine groups is 2. The minimum atomic E-state index is -5.26. The number of hydrogen-bond acceptors (Lipinski definition) is 15. The molecule has 0 saturated carbocycles. The van der Waals surface area contributed by atoms with Crippen LogP contribution < -0.4 is 30.5 Å². The van der Waals surface area contributed by atoms with E-state index in [2.05, 4.69) is 15.8 Å². The molecule has 3 aromatic rings. The van der Waals surface area contributed by atoms with Crippen LogP contribution in [0.15, 0.2) is 69.5 Å². The number of anilines is 3. The number of para-hydroxylation sites is 1. The van der Waals surface area contributed by atoms with E-state index >= 15 is 0 Å². The van der Waals surface area contributed by atoms with Gasteiger partial charge in [0, 0.05) is 5.69 Å². The fourth-order valence-corrected chi connectivity index (χ4v) is 5.18. The van der Waals surface area contributed by atoms with Crippen LogP contribution in [0.2, 0.25) is 0 Å². The van der Waals surface area contributed by atoms with Crippen molar-refractivity contribution in [2.45, 2.75) is 9.79 Å². The summed E-state index contributed by atoms with van der Waals surface area (Å²) in [6, 6.07) is 10.4. The number of amidine groups is 1. The molecule has 45 heavy (non-hydrogen) atoms. The van der Waals surface area contributed by atoms with Crippen LogP contribution in [-0.4, -0.2) is 91.3 Å². The number of nitro groups is 2. The summed E-state index contributed by atoms with van der Waals surface area (Å²) in [7, 11) is -8.44. The molecule has 4 N–H and O–H groups in total. The van der Waals surface area contributed by atoms with Gasteiger partial charge in [0.1, 0.15) is 11.4 Å². The molecule has 20 nitrogen and oxygen atoms in total. The molecule has 4 rings (SSSR count). The normalized spacial score (nSPS) is 12.8. The van der Waals surface area contributed by atoms with Gasteiger partial charge >= 0.3 is 49.8 Å². The molecule has 0 spiro atoms. The molecule has 3 aromatic carbocycles. The first-order valence-electron chi connectivity index (χ1n) is 11.6. The Balaban J connectivity index is 0.00000552. The average Bonchev–Trinajstić information content (AvgIpc) is 3.40. The van der Waals surface area contributed by atoms with Gasteiger partial charge in [0.05, 0.1) is 36.2 Å². The van der Waals surface area contributed by atoms with E-state index in [4.69, 9.17) is 9.47 Å². The van der Waals surface area contributed by atoms with Crippen molar-refractivity contribution in [1.82, 2.24) is 5.43 Å². The van der Waals surface area contributed by atoms with Crippen LogP contribution in [0.1, 0.15) is 0 Å². The first kappa shape index (κ1) is 34.9. The molecule has 0 radical (unpaired) electrons. The molecule has 0 saturated heterocycles. The van der Waals surface area contributed by atoms with Gasteiger partial charge in [-0.2, -0.15) is 22.0 Å². The molecular formula is C22H20N7NaO13S2. The predicted octanol–water partition coefficient (Wildman–Crippen LogP) is 1.06. The van der Waals surface area contributed by atoms with Crippen LogP contribution in [0.3, 0.4) is 0 Å². The van der Waals surface area contributed by atoms with Gasteiger partial charge in [-0.1, -0.05) is 18.2 Å². The Bertz CT molecular complexity index is 1940. The topological polar surface area (TPSA) is 273 Å². The van der Waals surface area contributed by atoms with Crippen LogP contribution >= 0.6 is 0 Å². The molecule has 23 heteroatoms. The number of carbonyl (C=O) groups is 1. The first-order valence-corrected chi connectivity index (χ1v) is 14.4. The van der Waals surface area contributed by atoms with Crippen LogP contribution in [-0.2, 0) is 25.0 Å². The van der Waals surface area contributed by atoms with Crippen molar-refractivity contribution < 1.29 is 50.1 Å². The third-order valence-electron chi connectivity index (χ3n) is 5.76. The number of hydrogen-bond donors (Lipinski definition) is 4. The third kappa shape index (κ3) is 7.22. The van der Waals surface area contributed by atoms with Crippen LogP contribution in [0.25, 0.3) is 0 Å². The van der Waals surface area contributed by atoms with E-state index in [1.165, 1.54) is 12.1 Å². The van der Waals surface area contributed by atoms with E-state index < -0.39 is 85.9 Å². The molecule has 1 aliphatic heterocycles. The van der Waals surface area contributed by atoms with E-state index in [0.717, 1.165) is 19.3 Å². The Labute approximate surface area is 275 Å². The number of amides is 1. The zero-order valence-corrected chi connectivity index (χ0v) is 23.8. The van der Waals surface area contributed by atoms with Gasteiger partial charge in [-0.05, 0) is 24.3 Å². The van der Waals surface area contributed by atoms with Gasteiger partial charge in [-0.3, -0.25) is 39.6 Å². The first-order chi connectivity index (χ1) is 20.6. The van der Waals surface area contributed by atoms with Crippen molar-refractivity contribution >= 4 is 90.0 Å². The minimum absolute atomic E-state index is 0. The summed E-state index contributed by atoms with van der Waals surface area (Å²) in [5.41, 5.74) is -0.354. The summed E-state index contributed by atoms with van der Waals surface area (Å²) >= 11 is 0. The summed E-state index contributed by atoms with van der Waals surface area (Å²) in [6.45, 7) is 0. The van der Waals surface area contributed by atoms with Crippen molar-refractivity contribution in [3.8, 4) is 11.5 Å². The molecule has 0 aromatic heterocycles. The second-order valence-corrected chi connectivity index (χ2v) is 11.2. The quantitative estimate of drug-likeness (QED) is 0.101. The number of nitro benzene ring substituents is 2. The van der Waals surface area contributed by atoms with E-state index in [-0.39, 0.29) is 29.6 Å². The third-order valence-corrected chi connectivity index (χ3v) is 7.52. The van der Waals surface area contributed by atoms with Gasteiger partial charge in [0.25, 0.3) is 17.3 Å². The summed E-state index contributed by atoms with van der Waals surface area (Å²) in [5, 5.41) is 31.1. The maximum atomic E-state index is 13.1. The van der Waals surface area contributed by atoms with Crippen molar-refractivity contribution in [3.05, 3.63) is 74.8 Å². The predicted molar refractivity (Wildman–Crippen MR) is 157 cm³/mol. The Hall–Kier alpha value is -4.58. The van der Waals surface area contributed by atoms with E-state index in [9.17, 15) is 51.0 Å². The molecule has 0 atom stereocenters. The molecule has 1 heterocycles. The fourth-order valence-electron chi connectivity index (χ4n) is 3.87. The van der Waals surface area contributed by atoms with Crippen LogP contribution in [0, 0.1) is 20.2 Å². The zero-order chi connectivity index (χ0) is 32.6. The van der Waals surface area contributed by atoms with Gasteiger partial charge in [-0.25, -0.2) is 0 Å². The summed E-state index contributed by atoms with van der Waals surface area (Å²) in [4.78, 5) is 31.6. The number of carbonyl (C=O) groups excluding carboxylic acids is 1. The molecule has 0 unspecified atom stereocenters. The number of ether oxygens (including phenoxy) is 2. The SMILES string of the molecule is COc1cc([N+](=O)[O-])c(S(=O)(=O)O)cc1N1N=C(C(=O)Nc2ccccc2)NN1c1cc(S(=O)(=O)O)c([N+](=O)[O-])cc1OC.[NaH]. The molecule has 1 aliphatic rings. The maximum absolute atomic E-state index is 13.1. The number of nitrogens with zero attached hydrogens (tertiary/aromatic N) is 5. The van der Waals surface area contributed by atoms with Crippen molar-refractivity contribution in [2.24, 2.45) is 5.10 Å². The summed E-state index contributed by atoms with van der Waals surface area (Å²) in [6.07, 6.45) is 0. The van der Waals surface area contributed by atoms with Crippen molar-refractivity contribution in [2.75, 3.05) is 29.8 Å². The van der Waals surface area contributed by atoms with Crippen molar-refractivity contribution in [3.63, 3.8) is 0 Å². The average molecular weight is 678 g/mol. The molecule has 1 amide bonds. The number of methoxy groups -OCH3 is 2. The van der Waals surface area contributed by atoms with Crippen LogP contribution in [0.4, 0.5) is 28.4 Å². The van der Waals surface area contributed by atoms with Gasteiger partial charge in [-0.15, -0.1) is 10.2 Å². The molecular weight excluding hydrogens is 657 g/mol. The van der Waals surface area contributed by atoms with E-state index in [0.29, 0.717) is 35.1 Å². The van der Waals surface area contributed by atoms with Gasteiger partial charge in [0.15, 0.2) is 21.3 Å². The molecule has 0 fully saturated rings. The number of benzene rings is 3. The second kappa shape index (κ2) is 13.2. The molecule has 0 aliphatic carbocycles. The number of nitrogens with one attached hydrogen (secondary N) is 2.